The third-order valence-corrected chi connectivity index (χ3v) is 2.06. The maximum Gasteiger partial charge on any atom is 0.360 e. The molecule has 0 bridgehead atoms. The first-order valence-corrected chi connectivity index (χ1v) is 5.02. The molecule has 0 spiro atoms. The van der Waals surface area contributed by atoms with Crippen molar-refractivity contribution < 1.29 is 14.1 Å². The molecule has 0 aliphatic carbocycles. The molecular formula is C9H11N5O3. The number of hydrogen-bond donors (Lipinski definition) is 0. The molecule has 17 heavy (non-hydrogen) atoms. The fourth-order valence-electron chi connectivity index (χ4n) is 1.21. The van der Waals surface area contributed by atoms with E-state index >= 15 is 0 Å². The molecule has 8 heteroatoms. The molecule has 8 nitrogen and oxygen atoms in total. The number of carbonyl (C=O) groups excluding carboxylic acids is 1. The van der Waals surface area contributed by atoms with Crippen LogP contribution < -0.4 is 0 Å². The largest absolute Gasteiger partial charge is 0.464 e. The summed E-state index contributed by atoms with van der Waals surface area (Å²) in [6, 6.07) is 0. The normalized spacial score (nSPS) is 10.5. The molecule has 0 amide bonds. The van der Waals surface area contributed by atoms with Gasteiger partial charge in [0.2, 0.25) is 5.89 Å². The molecule has 0 saturated carbocycles. The number of ether oxygens (including phenoxy) is 1. The highest BCUT2D eigenvalue weighted by Crippen LogP contribution is 2.02. The van der Waals surface area contributed by atoms with Gasteiger partial charge in [0.25, 0.3) is 0 Å². The van der Waals surface area contributed by atoms with Gasteiger partial charge in [0.15, 0.2) is 11.5 Å². The summed E-state index contributed by atoms with van der Waals surface area (Å²) >= 11 is 0. The van der Waals surface area contributed by atoms with Crippen LogP contribution in [-0.4, -0.2) is 38.2 Å². The van der Waals surface area contributed by atoms with Crippen molar-refractivity contribution in [2.45, 2.75) is 19.9 Å². The minimum atomic E-state index is -0.531. The highest BCUT2D eigenvalue weighted by atomic mass is 16.5. The first-order valence-electron chi connectivity index (χ1n) is 5.02. The number of rotatable bonds is 4. The average molecular weight is 237 g/mol. The van der Waals surface area contributed by atoms with Gasteiger partial charge in [-0.15, -0.1) is 5.10 Å². The molecule has 0 aliphatic rings. The topological polar surface area (TPSA) is 95.9 Å². The van der Waals surface area contributed by atoms with Gasteiger partial charge in [-0.2, -0.15) is 4.98 Å². The van der Waals surface area contributed by atoms with Crippen LogP contribution in [0.15, 0.2) is 10.7 Å². The second kappa shape index (κ2) is 4.73. The second-order valence-corrected chi connectivity index (χ2v) is 3.25. The van der Waals surface area contributed by atoms with Crippen molar-refractivity contribution in [2.24, 2.45) is 0 Å². The predicted octanol–water partition coefficient (Wildman–Crippen LogP) is 0.0584. The molecule has 0 unspecified atom stereocenters. The number of carbonyl (C=O) groups is 1. The van der Waals surface area contributed by atoms with Crippen LogP contribution in [0.3, 0.4) is 0 Å². The number of esters is 1. The van der Waals surface area contributed by atoms with Gasteiger partial charge >= 0.3 is 5.97 Å². The Morgan fingerprint density at radius 1 is 1.59 bits per heavy atom. The first-order chi connectivity index (χ1) is 8.22. The van der Waals surface area contributed by atoms with Crippen LogP contribution in [0, 0.1) is 0 Å². The third-order valence-electron chi connectivity index (χ3n) is 2.06. The summed E-state index contributed by atoms with van der Waals surface area (Å²) < 4.78 is 10.9. The van der Waals surface area contributed by atoms with E-state index in [-0.39, 0.29) is 12.2 Å². The Kier molecular flexibility index (Phi) is 3.12. The summed E-state index contributed by atoms with van der Waals surface area (Å²) in [6.07, 6.45) is 2.16. The Bertz CT molecular complexity index is 518. The monoisotopic (exact) mass is 237 g/mol. The smallest absolute Gasteiger partial charge is 0.360 e. The Hall–Kier alpha value is -2.25. The fraction of sp³-hybridized carbons (Fsp3) is 0.444. The molecule has 0 atom stereocenters. The zero-order valence-corrected chi connectivity index (χ0v) is 9.45. The van der Waals surface area contributed by atoms with Crippen molar-refractivity contribution in [3.05, 3.63) is 23.6 Å². The zero-order valence-electron chi connectivity index (χ0n) is 9.45. The number of nitrogens with zero attached hydrogens (tertiary/aromatic N) is 5. The van der Waals surface area contributed by atoms with E-state index < -0.39 is 5.97 Å². The van der Waals surface area contributed by atoms with E-state index in [1.807, 2.05) is 6.92 Å². The maximum atomic E-state index is 11.1. The van der Waals surface area contributed by atoms with Gasteiger partial charge in [0.05, 0.1) is 13.3 Å². The molecular weight excluding hydrogens is 226 g/mol. The number of methoxy groups -OCH3 is 1. The van der Waals surface area contributed by atoms with Gasteiger partial charge in [0, 0.05) is 6.42 Å². The van der Waals surface area contributed by atoms with Gasteiger partial charge in [-0.3, -0.25) is 0 Å². The van der Waals surface area contributed by atoms with E-state index in [9.17, 15) is 4.79 Å². The number of aryl methyl sites for hydroxylation is 1. The van der Waals surface area contributed by atoms with Gasteiger partial charge in [-0.25, -0.2) is 9.48 Å². The Morgan fingerprint density at radius 3 is 3.06 bits per heavy atom. The second-order valence-electron chi connectivity index (χ2n) is 3.25. The molecule has 90 valence electrons. The zero-order chi connectivity index (χ0) is 12.3. The maximum absolute atomic E-state index is 11.1. The predicted molar refractivity (Wildman–Crippen MR) is 54.1 cm³/mol. The van der Waals surface area contributed by atoms with Gasteiger partial charge in [0.1, 0.15) is 6.54 Å². The molecule has 0 N–H and O–H groups in total. The Balaban J connectivity index is 2.08. The van der Waals surface area contributed by atoms with Crippen molar-refractivity contribution in [3.63, 3.8) is 0 Å². The van der Waals surface area contributed by atoms with Gasteiger partial charge in [-0.1, -0.05) is 17.3 Å². The van der Waals surface area contributed by atoms with E-state index in [4.69, 9.17) is 4.52 Å². The van der Waals surface area contributed by atoms with E-state index in [1.165, 1.54) is 18.0 Å². The fourth-order valence-corrected chi connectivity index (χ4v) is 1.21. The van der Waals surface area contributed by atoms with E-state index in [1.54, 1.807) is 0 Å². The minimum Gasteiger partial charge on any atom is -0.464 e. The molecule has 0 radical (unpaired) electrons. The lowest BCUT2D eigenvalue weighted by Crippen LogP contribution is -2.02. The molecule has 0 fully saturated rings. The highest BCUT2D eigenvalue weighted by molar-refractivity contribution is 5.86. The lowest BCUT2D eigenvalue weighted by molar-refractivity contribution is 0.0594. The van der Waals surface area contributed by atoms with E-state index in [0.717, 1.165) is 0 Å². The van der Waals surface area contributed by atoms with Crippen molar-refractivity contribution in [1.29, 1.82) is 0 Å². The summed E-state index contributed by atoms with van der Waals surface area (Å²) in [5, 5.41) is 11.2. The van der Waals surface area contributed by atoms with Gasteiger partial charge < -0.3 is 9.26 Å². The highest BCUT2D eigenvalue weighted by Gasteiger charge is 2.12. The summed E-state index contributed by atoms with van der Waals surface area (Å²) in [6.45, 7) is 2.20. The standard InChI is InChI=1S/C9H11N5O3/c1-3-7-10-8(17-12-7)5-14-4-6(11-13-14)9(15)16-2/h4H,3,5H2,1-2H3. The van der Waals surface area contributed by atoms with Crippen molar-refractivity contribution in [3.8, 4) is 0 Å². The van der Waals surface area contributed by atoms with Crippen molar-refractivity contribution in [1.82, 2.24) is 25.1 Å². The quantitative estimate of drug-likeness (QED) is 0.693. The molecule has 0 aliphatic heterocycles. The Morgan fingerprint density at radius 2 is 2.41 bits per heavy atom. The SMILES string of the molecule is CCc1noc(Cn2cc(C(=O)OC)nn2)n1. The van der Waals surface area contributed by atoms with Crippen molar-refractivity contribution in [2.75, 3.05) is 7.11 Å². The van der Waals surface area contributed by atoms with Crippen LogP contribution in [0.4, 0.5) is 0 Å². The third kappa shape index (κ3) is 2.47. The van der Waals surface area contributed by atoms with Crippen LogP contribution in [0.5, 0.6) is 0 Å². The lowest BCUT2D eigenvalue weighted by Gasteiger charge is -1.92. The minimum absolute atomic E-state index is 0.141. The summed E-state index contributed by atoms with van der Waals surface area (Å²) in [5.41, 5.74) is 0.141. The average Bonchev–Trinajstić information content (AvgIpc) is 2.97. The molecule has 2 rings (SSSR count). The number of aromatic nitrogens is 5. The lowest BCUT2D eigenvalue weighted by atomic mass is 10.5. The van der Waals surface area contributed by atoms with E-state index in [2.05, 4.69) is 25.2 Å². The van der Waals surface area contributed by atoms with E-state index in [0.29, 0.717) is 18.1 Å². The molecule has 2 aromatic rings. The van der Waals surface area contributed by atoms with Crippen LogP contribution in [0.25, 0.3) is 0 Å². The summed E-state index contributed by atoms with van der Waals surface area (Å²) in [7, 11) is 1.28. The first kappa shape index (κ1) is 11.2. The molecule has 2 heterocycles. The molecule has 0 aromatic carbocycles. The summed E-state index contributed by atoms with van der Waals surface area (Å²) in [4.78, 5) is 15.3. The van der Waals surface area contributed by atoms with Crippen LogP contribution in [0.1, 0.15) is 29.1 Å². The van der Waals surface area contributed by atoms with Crippen LogP contribution >= 0.6 is 0 Å². The molecule has 2 aromatic heterocycles. The summed E-state index contributed by atoms with van der Waals surface area (Å²) in [5.74, 6) is 0.521. The van der Waals surface area contributed by atoms with Crippen molar-refractivity contribution >= 4 is 5.97 Å². The number of hydrogen-bond acceptors (Lipinski definition) is 7. The van der Waals surface area contributed by atoms with Crippen LogP contribution in [0.2, 0.25) is 0 Å². The Labute approximate surface area is 96.6 Å². The van der Waals surface area contributed by atoms with Gasteiger partial charge in [-0.05, 0) is 0 Å². The molecule has 0 saturated heterocycles. The van der Waals surface area contributed by atoms with Crippen LogP contribution in [-0.2, 0) is 17.7 Å².